The quantitative estimate of drug-likeness (QED) is 0.833. The Morgan fingerprint density at radius 3 is 2.57 bits per heavy atom. The van der Waals surface area contributed by atoms with Gasteiger partial charge in [0.05, 0.1) is 11.9 Å². The number of nitrogens with one attached hydrogen (secondary N) is 1. The van der Waals surface area contributed by atoms with Crippen LogP contribution in [0.3, 0.4) is 0 Å². The third-order valence-electron chi connectivity index (χ3n) is 3.32. The molecule has 0 aliphatic carbocycles. The number of aromatic nitrogens is 1. The second-order valence-electron chi connectivity index (χ2n) is 6.38. The van der Waals surface area contributed by atoms with Crippen LogP contribution in [0.1, 0.15) is 52.8 Å². The average Bonchev–Trinajstić information content (AvgIpc) is 2.47. The van der Waals surface area contributed by atoms with Crippen LogP contribution in [-0.2, 0) is 4.74 Å². The van der Waals surface area contributed by atoms with Gasteiger partial charge in [-0.05, 0) is 46.2 Å². The summed E-state index contributed by atoms with van der Waals surface area (Å²) in [7, 11) is 0. The van der Waals surface area contributed by atoms with E-state index in [1.54, 1.807) is 11.0 Å². The minimum absolute atomic E-state index is 0.0351. The highest BCUT2D eigenvalue weighted by molar-refractivity contribution is 5.68. The number of ether oxygens (including phenoxy) is 1. The predicted octanol–water partition coefficient (Wildman–Crippen LogP) is 3.52. The summed E-state index contributed by atoms with van der Waals surface area (Å²) >= 11 is 0. The van der Waals surface area contributed by atoms with Crippen molar-refractivity contribution >= 4 is 6.09 Å². The first-order valence-electron chi connectivity index (χ1n) is 8.09. The molecule has 0 saturated heterocycles. The minimum atomic E-state index is -0.498. The van der Waals surface area contributed by atoms with Crippen LogP contribution in [0.4, 0.5) is 9.18 Å². The van der Waals surface area contributed by atoms with Crippen molar-refractivity contribution in [1.29, 1.82) is 0 Å². The highest BCUT2D eigenvalue weighted by Gasteiger charge is 2.21. The van der Waals surface area contributed by atoms with Gasteiger partial charge in [0.1, 0.15) is 11.4 Å². The molecule has 23 heavy (non-hydrogen) atoms. The molecule has 1 N–H and O–H groups in total. The van der Waals surface area contributed by atoms with Crippen molar-refractivity contribution in [2.75, 3.05) is 19.6 Å². The molecule has 0 aliphatic rings. The number of hydrogen-bond acceptors (Lipinski definition) is 4. The fraction of sp³-hybridized carbons (Fsp3) is 0.647. The van der Waals surface area contributed by atoms with E-state index in [4.69, 9.17) is 4.74 Å². The summed E-state index contributed by atoms with van der Waals surface area (Å²) in [4.78, 5) is 17.8. The van der Waals surface area contributed by atoms with Crippen molar-refractivity contribution in [3.63, 3.8) is 0 Å². The molecule has 6 heteroatoms. The molecule has 0 radical (unpaired) electrons. The molecule has 1 rings (SSSR count). The zero-order valence-electron chi connectivity index (χ0n) is 14.7. The Bertz CT molecular complexity index is 486. The first-order chi connectivity index (χ1) is 10.8. The smallest absolute Gasteiger partial charge is 0.410 e. The number of carbonyl (C=O) groups excluding carboxylic acids is 1. The van der Waals surface area contributed by atoms with E-state index in [-0.39, 0.29) is 18.0 Å². The first-order valence-corrected chi connectivity index (χ1v) is 8.09. The van der Waals surface area contributed by atoms with Crippen molar-refractivity contribution in [2.24, 2.45) is 0 Å². The van der Waals surface area contributed by atoms with Crippen LogP contribution in [0.2, 0.25) is 0 Å². The van der Waals surface area contributed by atoms with Crippen LogP contribution in [0.15, 0.2) is 18.3 Å². The van der Waals surface area contributed by atoms with Crippen molar-refractivity contribution in [1.82, 2.24) is 15.2 Å². The lowest BCUT2D eigenvalue weighted by atomic mass is 10.1. The summed E-state index contributed by atoms with van der Waals surface area (Å²) in [6.45, 7) is 11.3. The van der Waals surface area contributed by atoms with Gasteiger partial charge in [0.25, 0.3) is 0 Å². The molecule has 1 aromatic heterocycles. The third kappa shape index (κ3) is 6.95. The number of likely N-dealkylation sites (N-methyl/N-ethyl adjacent to an activating group) is 1. The Hall–Kier alpha value is -1.69. The number of rotatable bonds is 7. The molecule has 0 spiro atoms. The molecule has 0 aliphatic heterocycles. The Balaban J connectivity index is 2.51. The van der Waals surface area contributed by atoms with Gasteiger partial charge in [-0.3, -0.25) is 4.98 Å². The largest absolute Gasteiger partial charge is 0.444 e. The molecular weight excluding hydrogens is 297 g/mol. The number of amides is 1. The second-order valence-corrected chi connectivity index (χ2v) is 6.38. The molecule has 5 nitrogen and oxygen atoms in total. The molecule has 130 valence electrons. The Morgan fingerprint density at radius 1 is 1.39 bits per heavy atom. The molecule has 0 bridgehead atoms. The van der Waals surface area contributed by atoms with Gasteiger partial charge >= 0.3 is 6.09 Å². The van der Waals surface area contributed by atoms with Gasteiger partial charge in [0, 0.05) is 25.7 Å². The number of halogens is 1. The van der Waals surface area contributed by atoms with E-state index < -0.39 is 5.60 Å². The van der Waals surface area contributed by atoms with E-state index in [0.29, 0.717) is 19.6 Å². The van der Waals surface area contributed by atoms with E-state index in [0.717, 1.165) is 12.1 Å². The summed E-state index contributed by atoms with van der Waals surface area (Å²) in [5.74, 6) is -0.342. The van der Waals surface area contributed by atoms with Crippen LogP contribution in [0.5, 0.6) is 0 Å². The zero-order valence-corrected chi connectivity index (χ0v) is 14.7. The van der Waals surface area contributed by atoms with Crippen molar-refractivity contribution in [3.05, 3.63) is 29.8 Å². The number of hydrogen-bond donors (Lipinski definition) is 1. The van der Waals surface area contributed by atoms with Gasteiger partial charge in [0.15, 0.2) is 0 Å². The summed E-state index contributed by atoms with van der Waals surface area (Å²) < 4.78 is 18.3. The van der Waals surface area contributed by atoms with Crippen LogP contribution in [-0.4, -0.2) is 41.2 Å². The van der Waals surface area contributed by atoms with E-state index in [1.807, 2.05) is 34.6 Å². The van der Waals surface area contributed by atoms with Crippen LogP contribution < -0.4 is 5.32 Å². The number of carbonyl (C=O) groups is 1. The molecular formula is C17H28FN3O2. The van der Waals surface area contributed by atoms with E-state index in [9.17, 15) is 9.18 Å². The molecule has 1 unspecified atom stereocenters. The third-order valence-corrected chi connectivity index (χ3v) is 3.32. The standard InChI is InChI=1S/C17H28FN3O2/c1-6-14(15-9-8-13(18)12-20-15)19-10-11-21(7-2)16(22)23-17(3,4)5/h8-9,12,14,19H,6-7,10-11H2,1-5H3. The monoisotopic (exact) mass is 325 g/mol. The van der Waals surface area contributed by atoms with Gasteiger partial charge in [0.2, 0.25) is 0 Å². The maximum absolute atomic E-state index is 12.9. The molecule has 1 amide bonds. The summed E-state index contributed by atoms with van der Waals surface area (Å²) in [5, 5.41) is 3.35. The maximum atomic E-state index is 12.9. The number of pyridine rings is 1. The summed E-state index contributed by atoms with van der Waals surface area (Å²) in [6, 6.07) is 3.13. The molecule has 1 aromatic rings. The van der Waals surface area contributed by atoms with Gasteiger partial charge in [-0.2, -0.15) is 0 Å². The Kier molecular flexibility index (Phi) is 7.42. The lowest BCUT2D eigenvalue weighted by Crippen LogP contribution is -2.40. The first kappa shape index (κ1) is 19.4. The second kappa shape index (κ2) is 8.82. The predicted molar refractivity (Wildman–Crippen MR) is 88.7 cm³/mol. The van der Waals surface area contributed by atoms with Crippen molar-refractivity contribution < 1.29 is 13.9 Å². The Morgan fingerprint density at radius 2 is 2.09 bits per heavy atom. The van der Waals surface area contributed by atoms with Gasteiger partial charge < -0.3 is 15.0 Å². The highest BCUT2D eigenvalue weighted by atomic mass is 19.1. The maximum Gasteiger partial charge on any atom is 0.410 e. The SMILES string of the molecule is CCC(NCCN(CC)C(=O)OC(C)(C)C)c1ccc(F)cn1. The molecule has 1 atom stereocenters. The number of nitrogens with zero attached hydrogens (tertiary/aromatic N) is 2. The minimum Gasteiger partial charge on any atom is -0.444 e. The average molecular weight is 325 g/mol. The fourth-order valence-electron chi connectivity index (χ4n) is 2.13. The summed E-state index contributed by atoms with van der Waals surface area (Å²) in [5.41, 5.74) is 0.302. The molecule has 0 aromatic carbocycles. The topological polar surface area (TPSA) is 54.5 Å². The van der Waals surface area contributed by atoms with E-state index in [2.05, 4.69) is 10.3 Å². The Labute approximate surface area is 138 Å². The van der Waals surface area contributed by atoms with Crippen LogP contribution in [0, 0.1) is 5.82 Å². The molecule has 0 fully saturated rings. The highest BCUT2D eigenvalue weighted by Crippen LogP contribution is 2.14. The van der Waals surface area contributed by atoms with Gasteiger partial charge in [-0.1, -0.05) is 6.92 Å². The molecule has 0 saturated carbocycles. The summed E-state index contributed by atoms with van der Waals surface area (Å²) in [6.07, 6.45) is 1.74. The zero-order chi connectivity index (χ0) is 17.5. The lowest BCUT2D eigenvalue weighted by Gasteiger charge is -2.27. The van der Waals surface area contributed by atoms with E-state index in [1.165, 1.54) is 12.3 Å². The van der Waals surface area contributed by atoms with Gasteiger partial charge in [-0.15, -0.1) is 0 Å². The van der Waals surface area contributed by atoms with Crippen molar-refractivity contribution in [2.45, 2.75) is 52.7 Å². The fourth-order valence-corrected chi connectivity index (χ4v) is 2.13. The van der Waals surface area contributed by atoms with E-state index >= 15 is 0 Å². The van der Waals surface area contributed by atoms with Crippen LogP contribution >= 0.6 is 0 Å². The van der Waals surface area contributed by atoms with Crippen molar-refractivity contribution in [3.8, 4) is 0 Å². The normalized spacial score (nSPS) is 12.8. The van der Waals surface area contributed by atoms with Gasteiger partial charge in [-0.25, -0.2) is 9.18 Å². The van der Waals surface area contributed by atoms with Crippen LogP contribution in [0.25, 0.3) is 0 Å². The molecule has 1 heterocycles. The lowest BCUT2D eigenvalue weighted by molar-refractivity contribution is 0.0261.